The average molecular weight is 195 g/mol. The van der Waals surface area contributed by atoms with Crippen molar-refractivity contribution >= 4 is 5.91 Å². The molecule has 0 spiro atoms. The zero-order chi connectivity index (χ0) is 10.6. The van der Waals surface area contributed by atoms with Crippen molar-refractivity contribution in [1.82, 2.24) is 15.1 Å². The molecule has 0 fully saturated rings. The van der Waals surface area contributed by atoms with E-state index in [9.17, 15) is 4.79 Å². The van der Waals surface area contributed by atoms with Crippen molar-refractivity contribution in [3.63, 3.8) is 0 Å². The van der Waals surface area contributed by atoms with Crippen LogP contribution < -0.4 is 5.32 Å². The Hall–Kier alpha value is -1.32. The van der Waals surface area contributed by atoms with Gasteiger partial charge in [-0.3, -0.25) is 9.48 Å². The Balaban J connectivity index is 2.41. The fourth-order valence-electron chi connectivity index (χ4n) is 1.12. The Morgan fingerprint density at radius 3 is 2.93 bits per heavy atom. The van der Waals surface area contributed by atoms with Gasteiger partial charge in [0.05, 0.1) is 5.69 Å². The number of carbonyl (C=O) groups excluding carboxylic acids is 1. The summed E-state index contributed by atoms with van der Waals surface area (Å²) in [6, 6.07) is 2.12. The first-order valence-electron chi connectivity index (χ1n) is 4.91. The molecule has 1 unspecified atom stereocenters. The minimum atomic E-state index is 0.0162. The first-order valence-corrected chi connectivity index (χ1v) is 4.91. The normalized spacial score (nSPS) is 12.5. The van der Waals surface area contributed by atoms with Gasteiger partial charge in [0.25, 0.3) is 0 Å². The quantitative estimate of drug-likeness (QED) is 0.782. The highest BCUT2D eigenvalue weighted by atomic mass is 16.2. The van der Waals surface area contributed by atoms with Crippen LogP contribution >= 0.6 is 0 Å². The number of rotatable bonds is 4. The second kappa shape index (κ2) is 4.79. The number of nitrogens with one attached hydrogen (secondary N) is 1. The number of aromatic nitrogens is 2. The summed E-state index contributed by atoms with van der Waals surface area (Å²) in [5.74, 6) is 0.0162. The largest absolute Gasteiger partial charge is 0.352 e. The van der Waals surface area contributed by atoms with Gasteiger partial charge in [0.1, 0.15) is 6.54 Å². The lowest BCUT2D eigenvalue weighted by Gasteiger charge is -2.10. The smallest absolute Gasteiger partial charge is 0.241 e. The van der Waals surface area contributed by atoms with Crippen LogP contribution in [0.2, 0.25) is 0 Å². The SMILES string of the molecule is CCC(C)NC(=O)Cn1ccc(C)n1. The van der Waals surface area contributed by atoms with Gasteiger partial charge in [-0.2, -0.15) is 5.10 Å². The topological polar surface area (TPSA) is 46.9 Å². The Bertz CT molecular complexity index is 306. The highest BCUT2D eigenvalue weighted by Crippen LogP contribution is 1.93. The molecule has 14 heavy (non-hydrogen) atoms. The van der Waals surface area contributed by atoms with Crippen molar-refractivity contribution < 1.29 is 4.79 Å². The second-order valence-corrected chi connectivity index (χ2v) is 3.53. The van der Waals surface area contributed by atoms with Crippen molar-refractivity contribution in [3.05, 3.63) is 18.0 Å². The van der Waals surface area contributed by atoms with E-state index in [1.165, 1.54) is 0 Å². The molecular weight excluding hydrogens is 178 g/mol. The summed E-state index contributed by atoms with van der Waals surface area (Å²) in [5, 5.41) is 7.03. The molecule has 4 nitrogen and oxygen atoms in total. The third kappa shape index (κ3) is 3.20. The molecule has 1 heterocycles. The molecule has 1 rings (SSSR count). The first kappa shape index (κ1) is 10.8. The molecule has 0 saturated carbocycles. The van der Waals surface area contributed by atoms with Crippen LogP contribution in [0.25, 0.3) is 0 Å². The fourth-order valence-corrected chi connectivity index (χ4v) is 1.12. The maximum absolute atomic E-state index is 11.4. The van der Waals surface area contributed by atoms with Gasteiger partial charge in [0.2, 0.25) is 5.91 Å². The van der Waals surface area contributed by atoms with Crippen molar-refractivity contribution in [2.45, 2.75) is 39.8 Å². The van der Waals surface area contributed by atoms with E-state index in [4.69, 9.17) is 0 Å². The Kier molecular flexibility index (Phi) is 3.68. The van der Waals surface area contributed by atoms with Crippen LogP contribution in [0.4, 0.5) is 0 Å². The third-order valence-electron chi connectivity index (χ3n) is 2.10. The zero-order valence-electron chi connectivity index (χ0n) is 8.95. The van der Waals surface area contributed by atoms with E-state index in [0.717, 1.165) is 12.1 Å². The summed E-state index contributed by atoms with van der Waals surface area (Å²) in [6.07, 6.45) is 2.76. The molecular formula is C10H17N3O. The maximum Gasteiger partial charge on any atom is 0.241 e. The van der Waals surface area contributed by atoms with Gasteiger partial charge in [-0.25, -0.2) is 0 Å². The maximum atomic E-state index is 11.4. The van der Waals surface area contributed by atoms with E-state index in [1.54, 1.807) is 4.68 Å². The van der Waals surface area contributed by atoms with Gasteiger partial charge in [0.15, 0.2) is 0 Å². The summed E-state index contributed by atoms with van der Waals surface area (Å²) >= 11 is 0. The Labute approximate surface area is 84.3 Å². The van der Waals surface area contributed by atoms with Crippen LogP contribution in [0.5, 0.6) is 0 Å². The highest BCUT2D eigenvalue weighted by Gasteiger charge is 2.06. The summed E-state index contributed by atoms with van der Waals surface area (Å²) in [4.78, 5) is 11.4. The molecule has 1 N–H and O–H groups in total. The molecule has 0 aromatic carbocycles. The van der Waals surface area contributed by atoms with Gasteiger partial charge in [-0.1, -0.05) is 6.92 Å². The first-order chi connectivity index (χ1) is 6.61. The number of amides is 1. The summed E-state index contributed by atoms with van der Waals surface area (Å²) in [6.45, 7) is 6.25. The molecule has 0 bridgehead atoms. The van der Waals surface area contributed by atoms with Gasteiger partial charge in [-0.15, -0.1) is 0 Å². The molecule has 0 saturated heterocycles. The van der Waals surface area contributed by atoms with Crippen LogP contribution in [0.1, 0.15) is 26.0 Å². The van der Waals surface area contributed by atoms with Crippen LogP contribution in [0, 0.1) is 6.92 Å². The monoisotopic (exact) mass is 195 g/mol. The van der Waals surface area contributed by atoms with Gasteiger partial charge >= 0.3 is 0 Å². The molecule has 1 amide bonds. The fraction of sp³-hybridized carbons (Fsp3) is 0.600. The minimum absolute atomic E-state index is 0.0162. The molecule has 1 atom stereocenters. The number of nitrogens with zero attached hydrogens (tertiary/aromatic N) is 2. The molecule has 1 aromatic heterocycles. The summed E-state index contributed by atoms with van der Waals surface area (Å²) in [5.41, 5.74) is 0.932. The molecule has 4 heteroatoms. The van der Waals surface area contributed by atoms with E-state index in [1.807, 2.05) is 33.0 Å². The summed E-state index contributed by atoms with van der Waals surface area (Å²) in [7, 11) is 0. The van der Waals surface area contributed by atoms with Crippen molar-refractivity contribution in [3.8, 4) is 0 Å². The van der Waals surface area contributed by atoms with Crippen molar-refractivity contribution in [2.75, 3.05) is 0 Å². The van der Waals surface area contributed by atoms with Crippen molar-refractivity contribution in [1.29, 1.82) is 0 Å². The molecule has 0 radical (unpaired) electrons. The second-order valence-electron chi connectivity index (χ2n) is 3.53. The molecule has 0 aliphatic heterocycles. The van der Waals surface area contributed by atoms with E-state index in [-0.39, 0.29) is 11.9 Å². The average Bonchev–Trinajstić information content (AvgIpc) is 2.50. The standard InChI is InChI=1S/C10H17N3O/c1-4-8(2)11-10(14)7-13-6-5-9(3)12-13/h5-6,8H,4,7H2,1-3H3,(H,11,14). The van der Waals surface area contributed by atoms with Crippen molar-refractivity contribution in [2.24, 2.45) is 0 Å². The number of aryl methyl sites for hydroxylation is 1. The van der Waals surface area contributed by atoms with Gasteiger partial charge in [0, 0.05) is 12.2 Å². The van der Waals surface area contributed by atoms with Crippen LogP contribution in [0.15, 0.2) is 12.3 Å². The number of hydrogen-bond acceptors (Lipinski definition) is 2. The molecule has 0 aliphatic carbocycles. The van der Waals surface area contributed by atoms with E-state index < -0.39 is 0 Å². The lowest BCUT2D eigenvalue weighted by atomic mass is 10.2. The van der Waals surface area contributed by atoms with Crippen LogP contribution in [-0.2, 0) is 11.3 Å². The summed E-state index contributed by atoms with van der Waals surface area (Å²) < 4.78 is 1.65. The van der Waals surface area contributed by atoms with E-state index in [2.05, 4.69) is 10.4 Å². The number of hydrogen-bond donors (Lipinski definition) is 1. The van der Waals surface area contributed by atoms with Crippen LogP contribution in [0.3, 0.4) is 0 Å². The van der Waals surface area contributed by atoms with Gasteiger partial charge < -0.3 is 5.32 Å². The highest BCUT2D eigenvalue weighted by molar-refractivity contribution is 5.75. The van der Waals surface area contributed by atoms with E-state index >= 15 is 0 Å². The lowest BCUT2D eigenvalue weighted by molar-refractivity contribution is -0.122. The predicted octanol–water partition coefficient (Wildman–Crippen LogP) is 1.11. The molecule has 78 valence electrons. The molecule has 0 aliphatic rings. The Morgan fingerprint density at radius 2 is 2.43 bits per heavy atom. The number of carbonyl (C=O) groups is 1. The Morgan fingerprint density at radius 1 is 1.71 bits per heavy atom. The zero-order valence-corrected chi connectivity index (χ0v) is 8.95. The van der Waals surface area contributed by atoms with E-state index in [0.29, 0.717) is 6.54 Å². The third-order valence-corrected chi connectivity index (χ3v) is 2.10. The lowest BCUT2D eigenvalue weighted by Crippen LogP contribution is -2.34. The van der Waals surface area contributed by atoms with Crippen LogP contribution in [-0.4, -0.2) is 21.7 Å². The van der Waals surface area contributed by atoms with Gasteiger partial charge in [-0.05, 0) is 26.3 Å². The molecule has 1 aromatic rings. The minimum Gasteiger partial charge on any atom is -0.352 e. The predicted molar refractivity (Wildman–Crippen MR) is 54.9 cm³/mol.